The van der Waals surface area contributed by atoms with Gasteiger partial charge in [-0.05, 0) is 11.8 Å². The molecular formula is C4H11O4PS2. The van der Waals surface area contributed by atoms with Crippen LogP contribution in [0, 0.1) is 0 Å². The zero-order valence-corrected chi connectivity index (χ0v) is 8.96. The first-order valence-electron chi connectivity index (χ1n) is 2.81. The first-order valence-corrected chi connectivity index (χ1v) is 6.60. The van der Waals surface area contributed by atoms with E-state index in [4.69, 9.17) is 21.1 Å². The van der Waals surface area contributed by atoms with Crippen molar-refractivity contribution in [1.82, 2.24) is 0 Å². The van der Waals surface area contributed by atoms with Gasteiger partial charge in [-0.25, -0.2) is 4.89 Å². The van der Waals surface area contributed by atoms with Crippen LogP contribution in [-0.2, 0) is 30.6 Å². The highest BCUT2D eigenvalue weighted by Gasteiger charge is 2.10. The summed E-state index contributed by atoms with van der Waals surface area (Å²) in [6.45, 7) is 0.769. The topological polar surface area (TPSA) is 36.9 Å². The summed E-state index contributed by atoms with van der Waals surface area (Å²) in [5, 5.41) is 0. The lowest BCUT2D eigenvalue weighted by atomic mass is 10.8. The number of thiol groups is 1. The Morgan fingerprint density at radius 1 is 1.36 bits per heavy atom. The molecule has 0 aliphatic carbocycles. The fraction of sp³-hybridized carbons (Fsp3) is 1.00. The molecule has 7 heteroatoms. The van der Waals surface area contributed by atoms with E-state index in [9.17, 15) is 0 Å². The Hall–Kier alpha value is 0.840. The lowest BCUT2D eigenvalue weighted by Gasteiger charge is -2.11. The van der Waals surface area contributed by atoms with Gasteiger partial charge in [0.25, 0.3) is 5.69 Å². The average molecular weight is 218 g/mol. The fourth-order valence-corrected chi connectivity index (χ4v) is 0.791. The van der Waals surface area contributed by atoms with Crippen molar-refractivity contribution in [2.75, 3.05) is 27.4 Å². The van der Waals surface area contributed by atoms with Gasteiger partial charge >= 0.3 is 0 Å². The second-order valence-electron chi connectivity index (χ2n) is 1.54. The molecule has 1 unspecified atom stereocenters. The molecule has 0 N–H and O–H groups in total. The Morgan fingerprint density at radius 2 is 2.00 bits per heavy atom. The molecule has 0 spiro atoms. The Kier molecular flexibility index (Phi) is 6.85. The van der Waals surface area contributed by atoms with E-state index < -0.39 is 5.69 Å². The van der Waals surface area contributed by atoms with Gasteiger partial charge in [-0.1, -0.05) is 12.2 Å². The van der Waals surface area contributed by atoms with Crippen molar-refractivity contribution >= 4 is 29.7 Å². The lowest BCUT2D eigenvalue weighted by Crippen LogP contribution is -2.00. The van der Waals surface area contributed by atoms with Crippen LogP contribution in [0.1, 0.15) is 0 Å². The Morgan fingerprint density at radius 3 is 2.45 bits per heavy atom. The van der Waals surface area contributed by atoms with Gasteiger partial charge in [-0.2, -0.15) is 4.67 Å². The van der Waals surface area contributed by atoms with Crippen LogP contribution < -0.4 is 0 Å². The minimum Gasteiger partial charge on any atom is -0.382 e. The highest BCUT2D eigenvalue weighted by molar-refractivity contribution is 8.60. The molecule has 0 aromatic rings. The molecule has 0 fully saturated rings. The molecule has 0 saturated carbocycles. The first kappa shape index (κ1) is 11.8. The van der Waals surface area contributed by atoms with Crippen LogP contribution in [0.4, 0.5) is 0 Å². The van der Waals surface area contributed by atoms with E-state index in [2.05, 4.69) is 21.8 Å². The Labute approximate surface area is 76.4 Å². The van der Waals surface area contributed by atoms with Crippen LogP contribution in [-0.4, -0.2) is 27.4 Å². The molecule has 0 aliphatic heterocycles. The van der Waals surface area contributed by atoms with Crippen LogP contribution in [0.5, 0.6) is 0 Å². The van der Waals surface area contributed by atoms with Crippen molar-refractivity contribution in [2.24, 2.45) is 0 Å². The number of ether oxygens (including phenoxy) is 1. The monoisotopic (exact) mass is 218 g/mol. The third kappa shape index (κ3) is 7.21. The average Bonchev–Trinajstić information content (AvgIpc) is 1.99. The Balaban J connectivity index is 3.31. The molecule has 0 amide bonds. The SMILES string of the molecule is COCCOOP(=S)(S)OC. The minimum atomic E-state index is -2.46. The molecule has 0 bridgehead atoms. The van der Waals surface area contributed by atoms with Gasteiger partial charge in [0.15, 0.2) is 0 Å². The summed E-state index contributed by atoms with van der Waals surface area (Å²) in [7, 11) is 2.99. The summed E-state index contributed by atoms with van der Waals surface area (Å²) in [6.07, 6.45) is 0. The van der Waals surface area contributed by atoms with Crippen molar-refractivity contribution in [3.63, 3.8) is 0 Å². The smallest absolute Gasteiger partial charge is 0.275 e. The van der Waals surface area contributed by atoms with Crippen LogP contribution >= 0.6 is 17.9 Å². The van der Waals surface area contributed by atoms with Crippen molar-refractivity contribution in [1.29, 1.82) is 0 Å². The van der Waals surface area contributed by atoms with E-state index in [-0.39, 0.29) is 0 Å². The van der Waals surface area contributed by atoms with Crippen molar-refractivity contribution in [3.05, 3.63) is 0 Å². The van der Waals surface area contributed by atoms with Gasteiger partial charge in [-0.15, -0.1) is 0 Å². The molecule has 0 heterocycles. The molecule has 4 nitrogen and oxygen atoms in total. The molecule has 11 heavy (non-hydrogen) atoms. The standard InChI is InChI=1S/C4H11O4PS2/c1-5-3-4-7-8-9(10,11)6-2/h3-4H2,1-2H3,(H,10,11). The predicted molar refractivity (Wildman–Crippen MR) is 49.2 cm³/mol. The quantitative estimate of drug-likeness (QED) is 0.240. The van der Waals surface area contributed by atoms with E-state index in [1.807, 2.05) is 0 Å². The highest BCUT2D eigenvalue weighted by atomic mass is 32.9. The van der Waals surface area contributed by atoms with Gasteiger partial charge in [0, 0.05) is 14.2 Å². The molecular weight excluding hydrogens is 207 g/mol. The van der Waals surface area contributed by atoms with Crippen LogP contribution in [0.15, 0.2) is 0 Å². The summed E-state index contributed by atoms with van der Waals surface area (Å²) < 4.78 is 14.1. The van der Waals surface area contributed by atoms with E-state index in [0.29, 0.717) is 13.2 Å². The minimum absolute atomic E-state index is 0.318. The van der Waals surface area contributed by atoms with Gasteiger partial charge in [0.2, 0.25) is 0 Å². The Bertz CT molecular complexity index is 142. The molecule has 68 valence electrons. The van der Waals surface area contributed by atoms with Gasteiger partial charge in [0.1, 0.15) is 6.61 Å². The zero-order valence-electron chi connectivity index (χ0n) is 6.35. The third-order valence-electron chi connectivity index (χ3n) is 0.748. The van der Waals surface area contributed by atoms with Crippen LogP contribution in [0.2, 0.25) is 0 Å². The van der Waals surface area contributed by atoms with Crippen molar-refractivity contribution in [3.8, 4) is 0 Å². The number of rotatable bonds is 6. The fourth-order valence-electron chi connectivity index (χ4n) is 0.252. The number of hydrogen-bond acceptors (Lipinski definition) is 5. The van der Waals surface area contributed by atoms with E-state index in [0.717, 1.165) is 0 Å². The third-order valence-corrected chi connectivity index (χ3v) is 2.82. The summed E-state index contributed by atoms with van der Waals surface area (Å²) in [6, 6.07) is 0. The molecule has 0 aromatic carbocycles. The van der Waals surface area contributed by atoms with E-state index in [1.165, 1.54) is 7.11 Å². The van der Waals surface area contributed by atoms with Crippen molar-refractivity contribution in [2.45, 2.75) is 0 Å². The molecule has 0 rings (SSSR count). The van der Waals surface area contributed by atoms with E-state index >= 15 is 0 Å². The largest absolute Gasteiger partial charge is 0.382 e. The van der Waals surface area contributed by atoms with E-state index in [1.54, 1.807) is 7.11 Å². The summed E-state index contributed by atoms with van der Waals surface area (Å²) in [4.78, 5) is 4.65. The molecule has 1 atom stereocenters. The van der Waals surface area contributed by atoms with Crippen LogP contribution in [0.25, 0.3) is 0 Å². The van der Waals surface area contributed by atoms with Crippen LogP contribution in [0.3, 0.4) is 0 Å². The predicted octanol–water partition coefficient (Wildman–Crippen LogP) is 1.38. The summed E-state index contributed by atoms with van der Waals surface area (Å²) in [5.41, 5.74) is -2.46. The second-order valence-corrected chi connectivity index (χ2v) is 6.83. The lowest BCUT2D eigenvalue weighted by molar-refractivity contribution is -0.211. The first-order chi connectivity index (χ1) is 5.12. The maximum atomic E-state index is 4.76. The number of methoxy groups -OCH3 is 1. The van der Waals surface area contributed by atoms with Gasteiger partial charge < -0.3 is 9.26 Å². The van der Waals surface area contributed by atoms with Crippen molar-refractivity contribution < 1.29 is 18.8 Å². The molecule has 0 aliphatic rings. The second kappa shape index (κ2) is 6.37. The highest BCUT2D eigenvalue weighted by Crippen LogP contribution is 2.52. The molecule has 0 saturated heterocycles. The van der Waals surface area contributed by atoms with Gasteiger partial charge in [0.05, 0.1) is 6.61 Å². The summed E-state index contributed by atoms with van der Waals surface area (Å²) >= 11 is 8.66. The van der Waals surface area contributed by atoms with Gasteiger partial charge in [-0.3, -0.25) is 0 Å². The molecule has 0 aromatic heterocycles. The number of hydrogen-bond donors (Lipinski definition) is 1. The molecule has 0 radical (unpaired) electrons. The summed E-state index contributed by atoms with van der Waals surface area (Å²) in [5.74, 6) is 0. The maximum Gasteiger partial charge on any atom is 0.275 e. The zero-order chi connectivity index (χ0) is 8.74. The maximum absolute atomic E-state index is 4.76. The normalized spacial score (nSPS) is 16.3.